The normalized spacial score (nSPS) is 28.0. The number of amides is 1. The summed E-state index contributed by atoms with van der Waals surface area (Å²) in [6, 6.07) is 14.3. The van der Waals surface area contributed by atoms with Gasteiger partial charge in [-0.15, -0.1) is 0 Å². The fourth-order valence-electron chi connectivity index (χ4n) is 4.84. The number of hydrogen-bond donors (Lipinski definition) is 3. The third-order valence-electron chi connectivity index (χ3n) is 6.26. The first-order chi connectivity index (χ1) is 15.7. The highest BCUT2D eigenvalue weighted by Gasteiger charge is 2.57. The maximum atomic E-state index is 12.6. The number of alkyl carbamates (subject to hydrolysis) is 1. The van der Waals surface area contributed by atoms with Crippen molar-refractivity contribution in [1.82, 2.24) is 5.32 Å². The molecular formula is C24H25NO8. The van der Waals surface area contributed by atoms with Gasteiger partial charge in [0.05, 0.1) is 0 Å². The van der Waals surface area contributed by atoms with Gasteiger partial charge in [-0.3, -0.25) is 0 Å². The lowest BCUT2D eigenvalue weighted by molar-refractivity contribution is -0.218. The highest BCUT2D eigenvalue weighted by Crippen LogP contribution is 2.44. The molecule has 1 amide bonds. The number of nitrogens with one attached hydrogen (secondary N) is 1. The van der Waals surface area contributed by atoms with Crippen molar-refractivity contribution >= 4 is 12.1 Å². The first kappa shape index (κ1) is 21.8. The van der Waals surface area contributed by atoms with Crippen LogP contribution in [-0.2, 0) is 23.7 Å². The Morgan fingerprint density at radius 3 is 2.24 bits per heavy atom. The number of fused-ring (bicyclic) bond motifs is 4. The monoisotopic (exact) mass is 455 g/mol. The largest absolute Gasteiger partial charge is 0.480 e. The van der Waals surface area contributed by atoms with E-state index in [2.05, 4.69) is 5.32 Å². The SMILES string of the molecule is CC1(C)O[C@H]2OC(C(NC(=O)OCC3c4ccccc4-c4ccccc43)C(=O)O)[C@H](O)[C@H]2O1. The van der Waals surface area contributed by atoms with Gasteiger partial charge in [-0.2, -0.15) is 0 Å². The van der Waals surface area contributed by atoms with Gasteiger partial charge in [-0.25, -0.2) is 9.59 Å². The highest BCUT2D eigenvalue weighted by molar-refractivity contribution is 5.81. The Balaban J connectivity index is 1.26. The smallest absolute Gasteiger partial charge is 0.407 e. The van der Waals surface area contributed by atoms with E-state index in [0.717, 1.165) is 22.3 Å². The molecule has 0 aromatic heterocycles. The van der Waals surface area contributed by atoms with E-state index < -0.39 is 48.5 Å². The molecule has 1 aliphatic carbocycles. The van der Waals surface area contributed by atoms with E-state index in [-0.39, 0.29) is 12.5 Å². The van der Waals surface area contributed by atoms with Crippen molar-refractivity contribution in [3.05, 3.63) is 59.7 Å². The molecule has 9 heteroatoms. The summed E-state index contributed by atoms with van der Waals surface area (Å²) < 4.78 is 22.2. The number of carbonyl (C=O) groups is 2. The molecular weight excluding hydrogens is 430 g/mol. The van der Waals surface area contributed by atoms with Crippen molar-refractivity contribution in [3.63, 3.8) is 0 Å². The first-order valence-corrected chi connectivity index (χ1v) is 10.8. The predicted octanol–water partition coefficient (Wildman–Crippen LogP) is 2.22. The Morgan fingerprint density at radius 2 is 1.67 bits per heavy atom. The molecule has 0 saturated carbocycles. The molecule has 2 aromatic rings. The van der Waals surface area contributed by atoms with E-state index in [1.165, 1.54) is 0 Å². The quantitative estimate of drug-likeness (QED) is 0.627. The lowest BCUT2D eigenvalue weighted by Gasteiger charge is -2.27. The predicted molar refractivity (Wildman–Crippen MR) is 114 cm³/mol. The molecule has 2 aromatic carbocycles. The highest BCUT2D eigenvalue weighted by atomic mass is 16.8. The lowest BCUT2D eigenvalue weighted by Crippen LogP contribution is -2.54. The zero-order chi connectivity index (χ0) is 23.3. The Labute approximate surface area is 190 Å². The van der Waals surface area contributed by atoms with Gasteiger partial charge in [-0.05, 0) is 36.1 Å². The lowest BCUT2D eigenvalue weighted by atomic mass is 9.98. The average molecular weight is 455 g/mol. The summed E-state index contributed by atoms with van der Waals surface area (Å²) >= 11 is 0. The maximum Gasteiger partial charge on any atom is 0.407 e. The molecule has 0 spiro atoms. The van der Waals surface area contributed by atoms with Crippen LogP contribution >= 0.6 is 0 Å². The van der Waals surface area contributed by atoms with Crippen LogP contribution in [0.3, 0.4) is 0 Å². The zero-order valence-corrected chi connectivity index (χ0v) is 18.1. The summed E-state index contributed by atoms with van der Waals surface area (Å²) in [6.45, 7) is 3.37. The minimum Gasteiger partial charge on any atom is -0.480 e. The van der Waals surface area contributed by atoms with Gasteiger partial charge >= 0.3 is 12.1 Å². The Hall–Kier alpha value is -2.98. The number of carbonyl (C=O) groups excluding carboxylic acids is 1. The number of aliphatic hydroxyl groups excluding tert-OH is 1. The van der Waals surface area contributed by atoms with E-state index >= 15 is 0 Å². The number of aliphatic hydroxyl groups is 1. The minimum atomic E-state index is -1.54. The van der Waals surface area contributed by atoms with E-state index in [1.807, 2.05) is 48.5 Å². The van der Waals surface area contributed by atoms with Gasteiger partial charge in [0.1, 0.15) is 24.9 Å². The molecule has 2 aliphatic heterocycles. The summed E-state index contributed by atoms with van der Waals surface area (Å²) in [6.07, 6.45) is -5.25. The third-order valence-corrected chi connectivity index (χ3v) is 6.26. The van der Waals surface area contributed by atoms with Gasteiger partial charge in [0.15, 0.2) is 18.1 Å². The average Bonchev–Trinajstić information content (AvgIpc) is 3.37. The van der Waals surface area contributed by atoms with Gasteiger partial charge < -0.3 is 34.5 Å². The van der Waals surface area contributed by atoms with Gasteiger partial charge in [-0.1, -0.05) is 48.5 Å². The molecule has 0 radical (unpaired) electrons. The first-order valence-electron chi connectivity index (χ1n) is 10.8. The summed E-state index contributed by atoms with van der Waals surface area (Å²) in [4.78, 5) is 24.4. The topological polar surface area (TPSA) is 124 Å². The second-order valence-corrected chi connectivity index (χ2v) is 8.85. The van der Waals surface area contributed by atoms with Gasteiger partial charge in [0.25, 0.3) is 0 Å². The van der Waals surface area contributed by atoms with Gasteiger partial charge in [0.2, 0.25) is 0 Å². The minimum absolute atomic E-state index is 0.0337. The molecule has 2 saturated heterocycles. The number of rotatable bonds is 5. The molecule has 9 nitrogen and oxygen atoms in total. The van der Waals surface area contributed by atoms with Crippen molar-refractivity contribution in [2.45, 2.75) is 56.2 Å². The summed E-state index contributed by atoms with van der Waals surface area (Å²) in [5.41, 5.74) is 4.26. The van der Waals surface area contributed by atoms with Crippen LogP contribution in [0.5, 0.6) is 0 Å². The number of ether oxygens (including phenoxy) is 4. The van der Waals surface area contributed by atoms with Crippen molar-refractivity contribution in [2.75, 3.05) is 6.61 Å². The second-order valence-electron chi connectivity index (χ2n) is 8.85. The molecule has 174 valence electrons. The third kappa shape index (κ3) is 3.87. The van der Waals surface area contributed by atoms with Crippen molar-refractivity contribution < 1.29 is 38.7 Å². The molecule has 2 unspecified atom stereocenters. The molecule has 0 bridgehead atoms. The Kier molecular flexibility index (Phi) is 5.37. The van der Waals surface area contributed by atoms with Crippen molar-refractivity contribution in [2.24, 2.45) is 0 Å². The summed E-state index contributed by atoms with van der Waals surface area (Å²) in [5, 5.41) is 22.5. The number of benzene rings is 2. The van der Waals surface area contributed by atoms with Crippen LogP contribution in [0.4, 0.5) is 4.79 Å². The van der Waals surface area contributed by atoms with E-state index in [0.29, 0.717) is 0 Å². The Bertz CT molecular complexity index is 1040. The van der Waals surface area contributed by atoms with E-state index in [9.17, 15) is 19.8 Å². The fraction of sp³-hybridized carbons (Fsp3) is 0.417. The van der Waals surface area contributed by atoms with E-state index in [1.54, 1.807) is 13.8 Å². The summed E-state index contributed by atoms with van der Waals surface area (Å²) in [5.74, 6) is -2.49. The fourth-order valence-corrected chi connectivity index (χ4v) is 4.84. The molecule has 2 heterocycles. The van der Waals surface area contributed by atoms with Crippen molar-refractivity contribution in [3.8, 4) is 11.1 Å². The van der Waals surface area contributed by atoms with Gasteiger partial charge in [0, 0.05) is 5.92 Å². The van der Waals surface area contributed by atoms with Crippen molar-refractivity contribution in [1.29, 1.82) is 0 Å². The Morgan fingerprint density at radius 1 is 1.06 bits per heavy atom. The number of carboxylic acids is 1. The number of hydrogen-bond acceptors (Lipinski definition) is 7. The number of carboxylic acid groups (broad SMARTS) is 1. The zero-order valence-electron chi connectivity index (χ0n) is 18.1. The molecule has 3 aliphatic rings. The molecule has 2 fully saturated rings. The van der Waals surface area contributed by atoms with Crippen LogP contribution in [0.25, 0.3) is 11.1 Å². The molecule has 33 heavy (non-hydrogen) atoms. The maximum absolute atomic E-state index is 12.6. The van der Waals surface area contributed by atoms with Crippen LogP contribution in [0.15, 0.2) is 48.5 Å². The van der Waals surface area contributed by atoms with Crippen LogP contribution < -0.4 is 5.32 Å². The van der Waals surface area contributed by atoms with Crippen LogP contribution in [-0.4, -0.2) is 65.3 Å². The number of aliphatic carboxylic acids is 1. The standard InChI is InChI=1S/C24H25NO8/c1-24(2)32-20-18(26)19(31-22(20)33-24)17(21(27)28)25-23(29)30-11-16-14-9-5-3-7-12(14)13-8-4-6-10-15(13)16/h3-10,16-20,22,26H,11H2,1-2H3,(H,25,29)(H,27,28)/t17?,18-,19?,20+,22+/m0/s1. The van der Waals surface area contributed by atoms with Crippen LogP contribution in [0.1, 0.15) is 30.9 Å². The molecule has 5 rings (SSSR count). The molecule has 3 N–H and O–H groups in total. The van der Waals surface area contributed by atoms with E-state index in [4.69, 9.17) is 18.9 Å². The summed E-state index contributed by atoms with van der Waals surface area (Å²) in [7, 11) is 0. The second kappa shape index (κ2) is 8.11. The van der Waals surface area contributed by atoms with Crippen LogP contribution in [0.2, 0.25) is 0 Å². The molecule has 5 atom stereocenters. The van der Waals surface area contributed by atoms with Crippen LogP contribution in [0, 0.1) is 0 Å².